The molecule has 1 rings (SSSR count). The molecule has 96 valence electrons. The monoisotopic (exact) mass is 228 g/mol. The largest absolute Gasteiger partial charge is 0.376 e. The molecule has 1 unspecified atom stereocenters. The predicted molar refractivity (Wildman–Crippen MR) is 68.5 cm³/mol. The van der Waals surface area contributed by atoms with Gasteiger partial charge in [-0.25, -0.2) is 0 Å². The van der Waals surface area contributed by atoms with Crippen molar-refractivity contribution in [3.8, 4) is 0 Å². The van der Waals surface area contributed by atoms with Crippen LogP contribution in [0.3, 0.4) is 0 Å². The van der Waals surface area contributed by atoms with Crippen molar-refractivity contribution in [3.63, 3.8) is 0 Å². The van der Waals surface area contributed by atoms with Crippen molar-refractivity contribution in [2.24, 2.45) is 11.7 Å². The van der Waals surface area contributed by atoms with Gasteiger partial charge in [-0.1, -0.05) is 6.92 Å². The highest BCUT2D eigenvalue weighted by molar-refractivity contribution is 4.78. The summed E-state index contributed by atoms with van der Waals surface area (Å²) in [6.07, 6.45) is 5.62. The van der Waals surface area contributed by atoms with E-state index in [9.17, 15) is 0 Å². The van der Waals surface area contributed by atoms with Crippen LogP contribution in [0.25, 0.3) is 0 Å². The van der Waals surface area contributed by atoms with Crippen molar-refractivity contribution in [1.29, 1.82) is 0 Å². The molecule has 0 aromatic carbocycles. The quantitative estimate of drug-likeness (QED) is 0.754. The molecule has 0 aliphatic heterocycles. The third-order valence-corrected chi connectivity index (χ3v) is 3.77. The number of rotatable bonds is 6. The summed E-state index contributed by atoms with van der Waals surface area (Å²) < 4.78 is 5.61. The predicted octanol–water partition coefficient (Wildman–Crippen LogP) is 1.86. The van der Waals surface area contributed by atoms with Crippen molar-refractivity contribution in [2.75, 3.05) is 26.7 Å². The number of hydrogen-bond acceptors (Lipinski definition) is 3. The highest BCUT2D eigenvalue weighted by atomic mass is 16.5. The minimum Gasteiger partial charge on any atom is -0.376 e. The Balaban J connectivity index is 2.30. The first-order valence-electron chi connectivity index (χ1n) is 6.69. The first-order valence-corrected chi connectivity index (χ1v) is 6.69. The molecule has 0 aromatic heterocycles. The van der Waals surface area contributed by atoms with Crippen LogP contribution in [0.5, 0.6) is 0 Å². The second kappa shape index (κ2) is 7.25. The van der Waals surface area contributed by atoms with E-state index in [1.807, 2.05) is 6.92 Å². The Hall–Kier alpha value is -0.120. The lowest BCUT2D eigenvalue weighted by Crippen LogP contribution is -2.42. The highest BCUT2D eigenvalue weighted by Crippen LogP contribution is 2.26. The van der Waals surface area contributed by atoms with Crippen LogP contribution >= 0.6 is 0 Å². The average Bonchev–Trinajstić information content (AvgIpc) is 2.29. The Kier molecular flexibility index (Phi) is 6.32. The second-order valence-electron chi connectivity index (χ2n) is 5.17. The van der Waals surface area contributed by atoms with Crippen LogP contribution in [0, 0.1) is 5.92 Å². The summed E-state index contributed by atoms with van der Waals surface area (Å²) in [5.74, 6) is 0.918. The van der Waals surface area contributed by atoms with Crippen LogP contribution in [0.15, 0.2) is 0 Å². The number of likely N-dealkylation sites (N-methyl/N-ethyl adjacent to an activating group) is 1. The van der Waals surface area contributed by atoms with Crippen molar-refractivity contribution >= 4 is 0 Å². The van der Waals surface area contributed by atoms with Gasteiger partial charge in [-0.05, 0) is 45.6 Å². The van der Waals surface area contributed by atoms with Crippen molar-refractivity contribution < 1.29 is 4.74 Å². The van der Waals surface area contributed by atoms with Crippen LogP contribution in [0.4, 0.5) is 0 Å². The fourth-order valence-electron chi connectivity index (χ4n) is 2.58. The molecule has 0 amide bonds. The smallest absolute Gasteiger partial charge is 0.0823 e. The highest BCUT2D eigenvalue weighted by Gasteiger charge is 2.23. The van der Waals surface area contributed by atoms with Gasteiger partial charge in [0.2, 0.25) is 0 Å². The third-order valence-electron chi connectivity index (χ3n) is 3.77. The number of nitrogens with zero attached hydrogens (tertiary/aromatic N) is 1. The van der Waals surface area contributed by atoms with E-state index in [0.717, 1.165) is 25.1 Å². The molecule has 0 radical (unpaired) electrons. The topological polar surface area (TPSA) is 38.5 Å². The third kappa shape index (κ3) is 4.40. The lowest BCUT2D eigenvalue weighted by molar-refractivity contribution is 0.0289. The minimum absolute atomic E-state index is 0.203. The molecule has 0 spiro atoms. The summed E-state index contributed by atoms with van der Waals surface area (Å²) >= 11 is 0. The maximum absolute atomic E-state index is 5.71. The zero-order chi connectivity index (χ0) is 12.0. The molecule has 1 aliphatic carbocycles. The Morgan fingerprint density at radius 3 is 2.44 bits per heavy atom. The molecular formula is C13H28N2O. The van der Waals surface area contributed by atoms with Crippen LogP contribution in [0.1, 0.15) is 39.5 Å². The van der Waals surface area contributed by atoms with E-state index in [0.29, 0.717) is 6.54 Å². The molecule has 0 aromatic rings. The zero-order valence-electron chi connectivity index (χ0n) is 11.1. The number of hydrogen-bond donors (Lipinski definition) is 1. The van der Waals surface area contributed by atoms with Crippen LogP contribution < -0.4 is 5.73 Å². The van der Waals surface area contributed by atoms with Crippen LogP contribution in [0.2, 0.25) is 0 Å². The fraction of sp³-hybridized carbons (Fsp3) is 1.00. The Morgan fingerprint density at radius 2 is 1.94 bits per heavy atom. The van der Waals surface area contributed by atoms with Gasteiger partial charge in [0.05, 0.1) is 6.10 Å². The van der Waals surface area contributed by atoms with Crippen molar-refractivity contribution in [3.05, 3.63) is 0 Å². The van der Waals surface area contributed by atoms with E-state index in [4.69, 9.17) is 10.5 Å². The van der Waals surface area contributed by atoms with Gasteiger partial charge in [-0.2, -0.15) is 0 Å². The maximum atomic E-state index is 5.71. The van der Waals surface area contributed by atoms with Gasteiger partial charge in [0, 0.05) is 25.7 Å². The van der Waals surface area contributed by atoms with Gasteiger partial charge in [0.1, 0.15) is 0 Å². The fourth-order valence-corrected chi connectivity index (χ4v) is 2.58. The summed E-state index contributed by atoms with van der Waals surface area (Å²) in [4.78, 5) is 2.44. The first-order chi connectivity index (χ1) is 7.67. The van der Waals surface area contributed by atoms with E-state index in [2.05, 4.69) is 18.9 Å². The summed E-state index contributed by atoms with van der Waals surface area (Å²) in [6.45, 7) is 6.76. The standard InChI is InChI=1S/C13H28N2O/c1-4-16-13(9-14)10-15(3)12-7-5-11(2)6-8-12/h11-13H,4-10,14H2,1-3H3. The molecule has 1 fully saturated rings. The molecule has 2 N–H and O–H groups in total. The number of nitrogens with two attached hydrogens (primary N) is 1. The molecule has 0 bridgehead atoms. The Morgan fingerprint density at radius 1 is 1.31 bits per heavy atom. The Bertz CT molecular complexity index is 179. The maximum Gasteiger partial charge on any atom is 0.0823 e. The molecule has 3 heteroatoms. The lowest BCUT2D eigenvalue weighted by atomic mass is 9.86. The van der Waals surface area contributed by atoms with Gasteiger partial charge in [-0.3, -0.25) is 0 Å². The SMILES string of the molecule is CCOC(CN)CN(C)C1CCC(C)CC1. The Labute approximate surface area is 100 Å². The molecule has 1 aliphatic rings. The van der Waals surface area contributed by atoms with Gasteiger partial charge in [-0.15, -0.1) is 0 Å². The zero-order valence-corrected chi connectivity index (χ0v) is 11.1. The first kappa shape index (κ1) is 13.9. The number of ether oxygens (including phenoxy) is 1. The molecule has 1 atom stereocenters. The van der Waals surface area contributed by atoms with Crippen LogP contribution in [-0.4, -0.2) is 43.8 Å². The van der Waals surface area contributed by atoms with Crippen molar-refractivity contribution in [1.82, 2.24) is 4.90 Å². The summed E-state index contributed by atoms with van der Waals surface area (Å²) in [5, 5.41) is 0. The van der Waals surface area contributed by atoms with Crippen LogP contribution in [-0.2, 0) is 4.74 Å². The van der Waals surface area contributed by atoms with E-state index in [1.165, 1.54) is 25.7 Å². The molecule has 0 heterocycles. The van der Waals surface area contributed by atoms with Gasteiger partial charge >= 0.3 is 0 Å². The van der Waals surface area contributed by atoms with Gasteiger partial charge < -0.3 is 15.4 Å². The summed E-state index contributed by atoms with van der Waals surface area (Å²) in [7, 11) is 2.21. The van der Waals surface area contributed by atoms with Gasteiger partial charge in [0.25, 0.3) is 0 Å². The average molecular weight is 228 g/mol. The molecule has 16 heavy (non-hydrogen) atoms. The summed E-state index contributed by atoms with van der Waals surface area (Å²) in [5.41, 5.74) is 5.71. The molecular weight excluding hydrogens is 200 g/mol. The molecule has 3 nitrogen and oxygen atoms in total. The van der Waals surface area contributed by atoms with E-state index < -0.39 is 0 Å². The molecule has 0 saturated heterocycles. The van der Waals surface area contributed by atoms with E-state index in [-0.39, 0.29) is 6.10 Å². The molecule has 1 saturated carbocycles. The second-order valence-corrected chi connectivity index (χ2v) is 5.17. The van der Waals surface area contributed by atoms with Crippen molar-refractivity contribution in [2.45, 2.75) is 51.7 Å². The summed E-state index contributed by atoms with van der Waals surface area (Å²) in [6, 6.07) is 0.741. The van der Waals surface area contributed by atoms with E-state index in [1.54, 1.807) is 0 Å². The normalized spacial score (nSPS) is 28.3. The van der Waals surface area contributed by atoms with E-state index >= 15 is 0 Å². The minimum atomic E-state index is 0.203. The lowest BCUT2D eigenvalue weighted by Gasteiger charge is -2.35. The van der Waals surface area contributed by atoms with Gasteiger partial charge in [0.15, 0.2) is 0 Å².